The highest BCUT2D eigenvalue weighted by molar-refractivity contribution is 7.89. The molecule has 0 aliphatic heterocycles. The average molecular weight is 388 g/mol. The molecule has 0 saturated heterocycles. The molecule has 1 aromatic carbocycles. The molecular formula is C18H33N3O4S. The number of hydrogen-bond acceptors (Lipinski definition) is 5. The van der Waals surface area contributed by atoms with Gasteiger partial charge in [-0.1, -0.05) is 24.6 Å². The molecule has 0 unspecified atom stereocenters. The highest BCUT2D eigenvalue weighted by Crippen LogP contribution is 2.14. The number of nitrogens with zero attached hydrogens (tertiary/aromatic N) is 2. The van der Waals surface area contributed by atoms with Gasteiger partial charge in [-0.05, 0) is 58.6 Å². The number of carboxylic acid groups (broad SMARTS) is 1. The number of sulfonamides is 1. The van der Waals surface area contributed by atoms with E-state index in [1.807, 2.05) is 0 Å². The van der Waals surface area contributed by atoms with Gasteiger partial charge in [0.05, 0.1) is 4.90 Å². The Kier molecular flexibility index (Phi) is 12.9. The number of aliphatic carboxylic acids is 1. The number of rotatable bonds is 11. The van der Waals surface area contributed by atoms with E-state index in [1.54, 1.807) is 37.4 Å². The summed E-state index contributed by atoms with van der Waals surface area (Å²) in [5.74, 6) is -0.815. The van der Waals surface area contributed by atoms with Gasteiger partial charge in [0, 0.05) is 20.0 Å². The monoisotopic (exact) mass is 387 g/mol. The Morgan fingerprint density at radius 3 is 2.08 bits per heavy atom. The Labute approximate surface area is 157 Å². The van der Waals surface area contributed by atoms with Crippen molar-refractivity contribution in [1.82, 2.24) is 9.21 Å². The molecule has 0 aromatic heterocycles. The first-order valence-electron chi connectivity index (χ1n) is 8.79. The summed E-state index contributed by atoms with van der Waals surface area (Å²) in [6.07, 6.45) is 3.19. The molecule has 1 aromatic rings. The quantitative estimate of drug-likeness (QED) is 0.562. The van der Waals surface area contributed by atoms with E-state index >= 15 is 0 Å². The molecule has 7 nitrogen and oxygen atoms in total. The van der Waals surface area contributed by atoms with Gasteiger partial charge in [-0.15, -0.1) is 0 Å². The van der Waals surface area contributed by atoms with E-state index in [2.05, 4.69) is 19.0 Å². The molecule has 0 aliphatic carbocycles. The summed E-state index contributed by atoms with van der Waals surface area (Å²) in [5, 5.41) is 8.49. The maximum Gasteiger partial charge on any atom is 0.303 e. The third-order valence-electron chi connectivity index (χ3n) is 3.62. The molecule has 0 radical (unpaired) electrons. The molecule has 3 N–H and O–H groups in total. The number of carbonyl (C=O) groups is 1. The van der Waals surface area contributed by atoms with Crippen LogP contribution in [0.2, 0.25) is 0 Å². The van der Waals surface area contributed by atoms with Crippen molar-refractivity contribution >= 4 is 16.0 Å². The molecule has 1 rings (SSSR count). The van der Waals surface area contributed by atoms with E-state index in [0.29, 0.717) is 25.8 Å². The summed E-state index contributed by atoms with van der Waals surface area (Å²) >= 11 is 0. The SMILES string of the molecule is CN(C)CCCN.CN(CCCCCC(=O)O)S(=O)(=O)c1ccccc1. The summed E-state index contributed by atoms with van der Waals surface area (Å²) in [6.45, 7) is 2.31. The maximum atomic E-state index is 12.1. The van der Waals surface area contributed by atoms with Crippen molar-refractivity contribution in [2.75, 3.05) is 40.8 Å². The van der Waals surface area contributed by atoms with Crippen LogP contribution in [0.25, 0.3) is 0 Å². The lowest BCUT2D eigenvalue weighted by Gasteiger charge is -2.16. The van der Waals surface area contributed by atoms with Crippen molar-refractivity contribution in [2.24, 2.45) is 5.73 Å². The van der Waals surface area contributed by atoms with Crippen LogP contribution in [0.3, 0.4) is 0 Å². The van der Waals surface area contributed by atoms with E-state index in [9.17, 15) is 13.2 Å². The number of carboxylic acids is 1. The van der Waals surface area contributed by atoms with Crippen LogP contribution >= 0.6 is 0 Å². The van der Waals surface area contributed by atoms with Crippen molar-refractivity contribution in [1.29, 1.82) is 0 Å². The van der Waals surface area contributed by atoms with Crippen molar-refractivity contribution in [3.8, 4) is 0 Å². The highest BCUT2D eigenvalue weighted by Gasteiger charge is 2.19. The second-order valence-electron chi connectivity index (χ2n) is 6.29. The summed E-state index contributed by atoms with van der Waals surface area (Å²) in [5.41, 5.74) is 5.25. The van der Waals surface area contributed by atoms with E-state index in [1.165, 1.54) is 4.31 Å². The fourth-order valence-corrected chi connectivity index (χ4v) is 3.32. The van der Waals surface area contributed by atoms with Crippen LogP contribution in [0.5, 0.6) is 0 Å². The molecule has 0 amide bonds. The van der Waals surface area contributed by atoms with Crippen LogP contribution in [0.1, 0.15) is 32.1 Å². The number of unbranched alkanes of at least 4 members (excludes halogenated alkanes) is 2. The Morgan fingerprint density at radius 2 is 1.62 bits per heavy atom. The van der Waals surface area contributed by atoms with E-state index in [-0.39, 0.29) is 11.3 Å². The molecule has 150 valence electrons. The predicted octanol–water partition coefficient (Wildman–Crippen LogP) is 1.85. The maximum absolute atomic E-state index is 12.1. The fourth-order valence-electron chi connectivity index (χ4n) is 2.09. The first-order valence-corrected chi connectivity index (χ1v) is 10.2. The third-order valence-corrected chi connectivity index (χ3v) is 5.50. The fraction of sp³-hybridized carbons (Fsp3) is 0.611. The zero-order chi connectivity index (χ0) is 20.0. The lowest BCUT2D eigenvalue weighted by atomic mass is 10.2. The molecule has 0 heterocycles. The van der Waals surface area contributed by atoms with E-state index in [0.717, 1.165) is 19.5 Å². The molecule has 26 heavy (non-hydrogen) atoms. The lowest BCUT2D eigenvalue weighted by Crippen LogP contribution is -2.27. The molecular weight excluding hydrogens is 354 g/mol. The first-order chi connectivity index (χ1) is 12.2. The third kappa shape index (κ3) is 11.2. The van der Waals surface area contributed by atoms with Gasteiger partial charge in [0.15, 0.2) is 0 Å². The van der Waals surface area contributed by atoms with Gasteiger partial charge in [-0.3, -0.25) is 4.79 Å². The van der Waals surface area contributed by atoms with Crippen molar-refractivity contribution in [2.45, 2.75) is 37.0 Å². The van der Waals surface area contributed by atoms with Gasteiger partial charge in [0.2, 0.25) is 10.0 Å². The Morgan fingerprint density at radius 1 is 1.00 bits per heavy atom. The lowest BCUT2D eigenvalue weighted by molar-refractivity contribution is -0.137. The normalized spacial score (nSPS) is 11.3. The Balaban J connectivity index is 0.000000758. The van der Waals surface area contributed by atoms with Gasteiger partial charge in [-0.2, -0.15) is 0 Å². The Hall–Kier alpha value is -1.48. The zero-order valence-electron chi connectivity index (χ0n) is 16.1. The Bertz CT molecular complexity index is 592. The summed E-state index contributed by atoms with van der Waals surface area (Å²) in [7, 11) is 2.22. The van der Waals surface area contributed by atoms with Gasteiger partial charge < -0.3 is 15.7 Å². The molecule has 0 fully saturated rings. The summed E-state index contributed by atoms with van der Waals surface area (Å²) in [6, 6.07) is 8.28. The molecule has 0 aliphatic rings. The summed E-state index contributed by atoms with van der Waals surface area (Å²) < 4.78 is 25.6. The number of hydrogen-bond donors (Lipinski definition) is 2. The predicted molar refractivity (Wildman–Crippen MR) is 105 cm³/mol. The molecule has 0 saturated carbocycles. The minimum absolute atomic E-state index is 0.134. The van der Waals surface area contributed by atoms with Gasteiger partial charge in [0.25, 0.3) is 0 Å². The smallest absolute Gasteiger partial charge is 0.303 e. The second kappa shape index (κ2) is 13.7. The van der Waals surface area contributed by atoms with E-state index < -0.39 is 16.0 Å². The van der Waals surface area contributed by atoms with E-state index in [4.69, 9.17) is 10.8 Å². The highest BCUT2D eigenvalue weighted by atomic mass is 32.2. The standard InChI is InChI=1S/C13H19NO4S.C5H14N2/c1-14(11-7-3-6-10-13(15)16)19(17,18)12-8-4-2-5-9-12;1-7(2)5-3-4-6/h2,4-5,8-9H,3,6-7,10-11H2,1H3,(H,15,16);3-6H2,1-2H3. The largest absolute Gasteiger partial charge is 0.481 e. The molecule has 0 atom stereocenters. The minimum atomic E-state index is -3.43. The molecule has 0 spiro atoms. The minimum Gasteiger partial charge on any atom is -0.481 e. The van der Waals surface area contributed by atoms with Crippen molar-refractivity contribution in [3.05, 3.63) is 30.3 Å². The van der Waals surface area contributed by atoms with Crippen LogP contribution in [0.15, 0.2) is 35.2 Å². The van der Waals surface area contributed by atoms with Crippen LogP contribution < -0.4 is 5.73 Å². The number of benzene rings is 1. The topological polar surface area (TPSA) is 104 Å². The van der Waals surface area contributed by atoms with Gasteiger partial charge in [0.1, 0.15) is 0 Å². The zero-order valence-corrected chi connectivity index (χ0v) is 16.9. The van der Waals surface area contributed by atoms with Crippen molar-refractivity contribution < 1.29 is 18.3 Å². The average Bonchev–Trinajstić information content (AvgIpc) is 2.60. The second-order valence-corrected chi connectivity index (χ2v) is 8.33. The molecule has 0 bridgehead atoms. The molecule has 8 heteroatoms. The van der Waals surface area contributed by atoms with Crippen LogP contribution in [-0.4, -0.2) is 69.5 Å². The van der Waals surface area contributed by atoms with Gasteiger partial charge in [-0.25, -0.2) is 12.7 Å². The summed E-state index contributed by atoms with van der Waals surface area (Å²) in [4.78, 5) is 12.7. The van der Waals surface area contributed by atoms with Crippen molar-refractivity contribution in [3.63, 3.8) is 0 Å². The number of nitrogens with two attached hydrogens (primary N) is 1. The first kappa shape index (κ1) is 24.5. The van der Waals surface area contributed by atoms with Crippen LogP contribution in [0.4, 0.5) is 0 Å². The van der Waals surface area contributed by atoms with Gasteiger partial charge >= 0.3 is 5.97 Å². The van der Waals surface area contributed by atoms with Crippen LogP contribution in [0, 0.1) is 0 Å². The van der Waals surface area contributed by atoms with Crippen LogP contribution in [-0.2, 0) is 14.8 Å².